The summed E-state index contributed by atoms with van der Waals surface area (Å²) in [6, 6.07) is 3.53. The van der Waals surface area contributed by atoms with Gasteiger partial charge in [-0.1, -0.05) is 12.7 Å². The van der Waals surface area contributed by atoms with Gasteiger partial charge in [0.1, 0.15) is 11.4 Å². The first-order valence-corrected chi connectivity index (χ1v) is 9.95. The fourth-order valence-electron chi connectivity index (χ4n) is 3.30. The molecule has 27 heavy (non-hydrogen) atoms. The van der Waals surface area contributed by atoms with Crippen LogP contribution < -0.4 is 0 Å². The molecule has 2 heterocycles. The fourth-order valence-corrected chi connectivity index (χ4v) is 5.12. The van der Waals surface area contributed by atoms with Crippen LogP contribution in [0.1, 0.15) is 59.5 Å². The van der Waals surface area contributed by atoms with Gasteiger partial charge in [-0.25, -0.2) is 4.79 Å². The quantitative estimate of drug-likeness (QED) is 0.477. The van der Waals surface area contributed by atoms with Crippen molar-refractivity contribution in [1.82, 2.24) is 0 Å². The van der Waals surface area contributed by atoms with Crippen LogP contribution in [0.25, 0.3) is 17.2 Å². The summed E-state index contributed by atoms with van der Waals surface area (Å²) in [6.07, 6.45) is 5.56. The van der Waals surface area contributed by atoms with Gasteiger partial charge in [0.05, 0.1) is 9.75 Å². The molecule has 0 saturated carbocycles. The summed E-state index contributed by atoms with van der Waals surface area (Å²) in [5.41, 5.74) is 3.93. The predicted octanol–water partition coefficient (Wildman–Crippen LogP) is 5.13. The highest BCUT2D eigenvalue weighted by atomic mass is 32.1. The molecule has 0 amide bonds. The van der Waals surface area contributed by atoms with Crippen molar-refractivity contribution in [3.63, 3.8) is 0 Å². The summed E-state index contributed by atoms with van der Waals surface area (Å²) in [5, 5.41) is 17.0. The highest BCUT2D eigenvalue weighted by Gasteiger charge is 2.25. The normalized spacial score (nSPS) is 13.6. The molecule has 0 unspecified atom stereocenters. The number of aromatic carboxylic acids is 1. The smallest absolute Gasteiger partial charge is 0.345 e. The summed E-state index contributed by atoms with van der Waals surface area (Å²) in [7, 11) is 0. The van der Waals surface area contributed by atoms with Gasteiger partial charge < -0.3 is 10.5 Å². The van der Waals surface area contributed by atoms with Gasteiger partial charge in [-0.15, -0.1) is 22.7 Å². The third kappa shape index (κ3) is 3.61. The average Bonchev–Trinajstić information content (AvgIpc) is 3.37. The Morgan fingerprint density at radius 1 is 1.15 bits per heavy atom. The molecule has 138 valence electrons. The van der Waals surface area contributed by atoms with Gasteiger partial charge in [-0.3, -0.25) is 9.79 Å². The maximum Gasteiger partial charge on any atom is 0.345 e. The number of rotatable bonds is 8. The van der Waals surface area contributed by atoms with Crippen LogP contribution in [0.3, 0.4) is 0 Å². The van der Waals surface area contributed by atoms with Gasteiger partial charge in [0, 0.05) is 11.1 Å². The first-order valence-electron chi connectivity index (χ1n) is 8.32. The van der Waals surface area contributed by atoms with Crippen LogP contribution in [0.5, 0.6) is 0 Å². The number of nitrogens with zero attached hydrogens (tertiary/aromatic N) is 1. The molecule has 0 spiro atoms. The van der Waals surface area contributed by atoms with E-state index in [1.165, 1.54) is 17.6 Å². The van der Waals surface area contributed by atoms with E-state index in [-0.39, 0.29) is 17.2 Å². The van der Waals surface area contributed by atoms with Crippen LogP contribution in [0.4, 0.5) is 0 Å². The molecule has 0 atom stereocenters. The molecule has 2 aromatic heterocycles. The van der Waals surface area contributed by atoms with E-state index in [0.717, 1.165) is 57.7 Å². The number of allylic oxidation sites excluding steroid dienone is 2. The molecule has 0 aromatic carbocycles. The van der Waals surface area contributed by atoms with Crippen molar-refractivity contribution in [2.45, 2.75) is 19.3 Å². The maximum atomic E-state index is 12.2. The Kier molecular flexibility index (Phi) is 5.62. The van der Waals surface area contributed by atoms with Crippen molar-refractivity contribution in [3.8, 4) is 0 Å². The molecule has 0 bridgehead atoms. The highest BCUT2D eigenvalue weighted by molar-refractivity contribution is 7.16. The Labute approximate surface area is 164 Å². The zero-order valence-corrected chi connectivity index (χ0v) is 16.2. The summed E-state index contributed by atoms with van der Waals surface area (Å²) < 4.78 is 0. The fraction of sp³-hybridized carbons (Fsp3) is 0.200. The van der Waals surface area contributed by atoms with Crippen molar-refractivity contribution in [1.29, 1.82) is 5.41 Å². The lowest BCUT2D eigenvalue weighted by Gasteiger charge is -2.07. The van der Waals surface area contributed by atoms with E-state index in [1.807, 2.05) is 6.07 Å². The van der Waals surface area contributed by atoms with E-state index < -0.39 is 5.97 Å². The van der Waals surface area contributed by atoms with Gasteiger partial charge in [-0.05, 0) is 60.4 Å². The second-order valence-electron chi connectivity index (χ2n) is 6.05. The summed E-state index contributed by atoms with van der Waals surface area (Å²) >= 11 is 2.50. The molecular weight excluding hydrogens is 380 g/mol. The maximum absolute atomic E-state index is 12.2. The topological polar surface area (TPSA) is 90.6 Å². The molecule has 0 aliphatic heterocycles. The predicted molar refractivity (Wildman–Crippen MR) is 113 cm³/mol. The van der Waals surface area contributed by atoms with Crippen LogP contribution in [0.15, 0.2) is 23.7 Å². The van der Waals surface area contributed by atoms with Crippen molar-refractivity contribution in [2.24, 2.45) is 4.99 Å². The Morgan fingerprint density at radius 3 is 2.30 bits per heavy atom. The number of nitrogens with one attached hydrogen (secondary N) is 1. The zero-order valence-electron chi connectivity index (χ0n) is 14.6. The standard InChI is InChI=1S/C20H18N2O3S2/c1-3-16-13(7-17(26-16)15(23)10-22-2)11-5-4-6-12(11)14-8-18(20(24)25)27-19(14)9-21/h3,7-9,21H,1-2,4-6,10H2,(H,24,25). The number of Topliss-reactive ketones (excluding diaryl/α,β-unsaturated/α-hetero) is 1. The minimum atomic E-state index is -0.985. The van der Waals surface area contributed by atoms with Crippen molar-refractivity contribution in [2.75, 3.05) is 6.54 Å². The second kappa shape index (κ2) is 7.94. The summed E-state index contributed by atoms with van der Waals surface area (Å²) in [6.45, 7) is 7.29. The molecule has 5 nitrogen and oxygen atoms in total. The molecule has 1 aliphatic carbocycles. The van der Waals surface area contributed by atoms with Crippen molar-refractivity contribution in [3.05, 3.63) is 49.3 Å². The first-order chi connectivity index (χ1) is 13.0. The SMILES string of the molecule is C=Cc1sc(C(=O)CN=C)cc1C1=C(c2cc(C(=O)O)sc2C=N)CCC1. The molecule has 0 saturated heterocycles. The van der Waals surface area contributed by atoms with E-state index in [2.05, 4.69) is 18.3 Å². The van der Waals surface area contributed by atoms with Crippen LogP contribution in [-0.2, 0) is 0 Å². The summed E-state index contributed by atoms with van der Waals surface area (Å²) in [5.74, 6) is -1.06. The molecule has 1 aliphatic rings. The van der Waals surface area contributed by atoms with Crippen molar-refractivity contribution >= 4 is 64.6 Å². The third-order valence-electron chi connectivity index (χ3n) is 4.45. The van der Waals surface area contributed by atoms with E-state index in [9.17, 15) is 14.7 Å². The van der Waals surface area contributed by atoms with E-state index in [1.54, 1.807) is 12.1 Å². The van der Waals surface area contributed by atoms with E-state index >= 15 is 0 Å². The van der Waals surface area contributed by atoms with Gasteiger partial charge in [0.2, 0.25) is 0 Å². The lowest BCUT2D eigenvalue weighted by molar-refractivity contribution is 0.0702. The lowest BCUT2D eigenvalue weighted by Crippen LogP contribution is -1.99. The molecule has 7 heteroatoms. The number of carboxylic acid groups (broad SMARTS) is 1. The van der Waals surface area contributed by atoms with E-state index in [0.29, 0.717) is 9.75 Å². The Hall–Kier alpha value is -2.64. The van der Waals surface area contributed by atoms with E-state index in [4.69, 9.17) is 5.41 Å². The molecule has 0 radical (unpaired) electrons. The van der Waals surface area contributed by atoms with Gasteiger partial charge >= 0.3 is 5.97 Å². The monoisotopic (exact) mass is 398 g/mol. The minimum Gasteiger partial charge on any atom is -0.477 e. The minimum absolute atomic E-state index is 0.0485. The largest absolute Gasteiger partial charge is 0.477 e. The first kappa shape index (κ1) is 19.1. The molecule has 0 fully saturated rings. The molecule has 3 rings (SSSR count). The number of hydrogen-bond acceptors (Lipinski definition) is 6. The van der Waals surface area contributed by atoms with Crippen molar-refractivity contribution < 1.29 is 14.7 Å². The second-order valence-corrected chi connectivity index (χ2v) is 8.21. The molecule has 2 N–H and O–H groups in total. The summed E-state index contributed by atoms with van der Waals surface area (Å²) in [4.78, 5) is 29.6. The number of hydrogen-bond donors (Lipinski definition) is 2. The van der Waals surface area contributed by atoms with Crippen LogP contribution >= 0.6 is 22.7 Å². The number of carbonyl (C=O) groups excluding carboxylic acids is 1. The van der Waals surface area contributed by atoms with Gasteiger partial charge in [-0.2, -0.15) is 0 Å². The third-order valence-corrected chi connectivity index (χ3v) is 6.69. The van der Waals surface area contributed by atoms with Gasteiger partial charge in [0.15, 0.2) is 5.78 Å². The molecular formula is C20H18N2O3S2. The number of ketones is 1. The Bertz CT molecular complexity index is 995. The Morgan fingerprint density at radius 2 is 1.74 bits per heavy atom. The molecule has 2 aromatic rings. The Balaban J connectivity index is 2.14. The number of carboxylic acids is 1. The zero-order chi connectivity index (χ0) is 19.6. The number of carbonyl (C=O) groups is 2. The lowest BCUT2D eigenvalue weighted by atomic mass is 9.97. The average molecular weight is 399 g/mol. The highest BCUT2D eigenvalue weighted by Crippen LogP contribution is 2.45. The van der Waals surface area contributed by atoms with Crippen LogP contribution in [0.2, 0.25) is 0 Å². The van der Waals surface area contributed by atoms with Gasteiger partial charge in [0.25, 0.3) is 0 Å². The van der Waals surface area contributed by atoms with Crippen LogP contribution in [-0.4, -0.2) is 36.3 Å². The van der Waals surface area contributed by atoms with Crippen LogP contribution in [0, 0.1) is 5.41 Å². The number of aliphatic imine (C=N–C) groups is 1. The number of thiophene rings is 2.